The molecule has 4 rings (SSSR count). The van der Waals surface area contributed by atoms with Crippen LogP contribution in [0.1, 0.15) is 24.7 Å². The van der Waals surface area contributed by atoms with Gasteiger partial charge >= 0.3 is 0 Å². The number of morpholine rings is 1. The number of hydrogen-bond acceptors (Lipinski definition) is 7. The number of ether oxygens (including phenoxy) is 1. The van der Waals surface area contributed by atoms with Crippen molar-refractivity contribution in [3.8, 4) is 0 Å². The van der Waals surface area contributed by atoms with Crippen molar-refractivity contribution < 1.29 is 9.15 Å². The Kier molecular flexibility index (Phi) is 6.64. The monoisotopic (exact) mass is 419 g/mol. The summed E-state index contributed by atoms with van der Waals surface area (Å²) in [6.45, 7) is 8.84. The fourth-order valence-electron chi connectivity index (χ4n) is 3.70. The number of fused-ring (bicyclic) bond motifs is 1. The van der Waals surface area contributed by atoms with E-state index in [9.17, 15) is 0 Å². The lowest BCUT2D eigenvalue weighted by atomic mass is 10.0. The van der Waals surface area contributed by atoms with Gasteiger partial charge < -0.3 is 19.4 Å². The maximum atomic E-state index is 5.95. The molecule has 1 atom stereocenters. The number of nitrogens with zero attached hydrogens (tertiary/aromatic N) is 3. The molecule has 0 saturated carbocycles. The highest BCUT2D eigenvalue weighted by atomic mass is 16.5. The standard InChI is InChI=1S/C24H29N5O2/c1-4-17(18-9-7-6-8-10-18)15-21(25-3)27-24-26-20-16-19(5-2)31-22(20)23(28-24)29-11-13-30-14-12-29/h5-10,15-16,21,25H,2,4,11-14H2,1,3H3,(H,26,27,28)/b17-15+. The second-order valence-electron chi connectivity index (χ2n) is 7.36. The molecule has 0 radical (unpaired) electrons. The first-order valence-electron chi connectivity index (χ1n) is 10.7. The minimum Gasteiger partial charge on any atom is -0.451 e. The SMILES string of the molecule is C=Cc1cc2nc(NC(/C=C(\CC)c3ccccc3)NC)nc(N3CCOCC3)c2o1. The average Bonchev–Trinajstić information content (AvgIpc) is 3.25. The molecule has 7 heteroatoms. The molecule has 162 valence electrons. The molecule has 3 heterocycles. The van der Waals surface area contributed by atoms with E-state index in [4.69, 9.17) is 19.1 Å². The van der Waals surface area contributed by atoms with Gasteiger partial charge in [0.05, 0.1) is 19.4 Å². The van der Waals surface area contributed by atoms with Crippen LogP contribution in [-0.2, 0) is 4.74 Å². The number of rotatable bonds is 8. The third-order valence-corrected chi connectivity index (χ3v) is 5.37. The molecule has 1 aliphatic rings. The van der Waals surface area contributed by atoms with Crippen LogP contribution in [0.4, 0.5) is 11.8 Å². The van der Waals surface area contributed by atoms with E-state index in [0.717, 1.165) is 30.8 Å². The number of benzene rings is 1. The first-order chi connectivity index (χ1) is 15.2. The van der Waals surface area contributed by atoms with Crippen LogP contribution in [0.3, 0.4) is 0 Å². The summed E-state index contributed by atoms with van der Waals surface area (Å²) in [5, 5.41) is 6.73. The first kappa shape index (κ1) is 21.1. The number of aromatic nitrogens is 2. The van der Waals surface area contributed by atoms with Gasteiger partial charge in [0.25, 0.3) is 0 Å². The molecule has 1 aliphatic heterocycles. The molecule has 7 nitrogen and oxygen atoms in total. The molecular weight excluding hydrogens is 390 g/mol. The van der Waals surface area contributed by atoms with Gasteiger partial charge in [-0.3, -0.25) is 5.32 Å². The van der Waals surface area contributed by atoms with Crippen LogP contribution in [0, 0.1) is 0 Å². The van der Waals surface area contributed by atoms with Crippen LogP contribution in [0.25, 0.3) is 22.7 Å². The van der Waals surface area contributed by atoms with Crippen LogP contribution >= 0.6 is 0 Å². The van der Waals surface area contributed by atoms with Crippen molar-refractivity contribution in [2.45, 2.75) is 19.5 Å². The minimum absolute atomic E-state index is 0.129. The van der Waals surface area contributed by atoms with E-state index < -0.39 is 0 Å². The van der Waals surface area contributed by atoms with Crippen LogP contribution in [0.15, 0.2) is 53.5 Å². The Labute approximate surface area is 182 Å². The molecule has 2 aromatic heterocycles. The lowest BCUT2D eigenvalue weighted by molar-refractivity contribution is 0.122. The third-order valence-electron chi connectivity index (χ3n) is 5.37. The zero-order chi connectivity index (χ0) is 21.6. The van der Waals surface area contributed by atoms with E-state index in [1.807, 2.05) is 19.2 Å². The summed E-state index contributed by atoms with van der Waals surface area (Å²) >= 11 is 0. The Morgan fingerprint density at radius 2 is 2.00 bits per heavy atom. The summed E-state index contributed by atoms with van der Waals surface area (Å²) in [7, 11) is 1.92. The number of hydrogen-bond donors (Lipinski definition) is 2. The summed E-state index contributed by atoms with van der Waals surface area (Å²) in [4.78, 5) is 11.7. The molecule has 31 heavy (non-hydrogen) atoms. The lowest BCUT2D eigenvalue weighted by Crippen LogP contribution is -2.37. The Balaban J connectivity index is 1.67. The molecule has 1 fully saturated rings. The van der Waals surface area contributed by atoms with Gasteiger partial charge in [-0.15, -0.1) is 0 Å². The van der Waals surface area contributed by atoms with Crippen molar-refractivity contribution in [3.05, 3.63) is 60.4 Å². The first-order valence-corrected chi connectivity index (χ1v) is 10.7. The van der Waals surface area contributed by atoms with Crippen LogP contribution < -0.4 is 15.5 Å². The van der Waals surface area contributed by atoms with Gasteiger partial charge in [-0.25, -0.2) is 4.98 Å². The molecule has 0 spiro atoms. The Morgan fingerprint density at radius 1 is 1.23 bits per heavy atom. The maximum Gasteiger partial charge on any atom is 0.226 e. The maximum absolute atomic E-state index is 5.95. The molecule has 1 aromatic carbocycles. The van der Waals surface area contributed by atoms with Crippen LogP contribution in [0.5, 0.6) is 0 Å². The van der Waals surface area contributed by atoms with Crippen molar-refractivity contribution in [2.75, 3.05) is 43.6 Å². The third kappa shape index (κ3) is 4.78. The lowest BCUT2D eigenvalue weighted by Gasteiger charge is -2.28. The molecule has 0 aliphatic carbocycles. The van der Waals surface area contributed by atoms with Gasteiger partial charge in [-0.1, -0.05) is 43.8 Å². The highest BCUT2D eigenvalue weighted by Gasteiger charge is 2.21. The normalized spacial score (nSPS) is 15.8. The Morgan fingerprint density at radius 3 is 2.68 bits per heavy atom. The van der Waals surface area contributed by atoms with E-state index >= 15 is 0 Å². The van der Waals surface area contributed by atoms with Crippen molar-refractivity contribution in [2.24, 2.45) is 0 Å². The van der Waals surface area contributed by atoms with Crippen molar-refractivity contribution >= 4 is 34.5 Å². The molecule has 0 amide bonds. The highest BCUT2D eigenvalue weighted by Crippen LogP contribution is 2.29. The Hall–Kier alpha value is -3.16. The summed E-state index contributed by atoms with van der Waals surface area (Å²) in [6, 6.07) is 12.3. The van der Waals surface area contributed by atoms with Gasteiger partial charge in [0.15, 0.2) is 11.4 Å². The molecule has 1 unspecified atom stereocenters. The van der Waals surface area contributed by atoms with Gasteiger partial charge in [0, 0.05) is 19.2 Å². The van der Waals surface area contributed by atoms with E-state index in [-0.39, 0.29) is 6.17 Å². The van der Waals surface area contributed by atoms with Gasteiger partial charge in [0.1, 0.15) is 11.3 Å². The van der Waals surface area contributed by atoms with Crippen molar-refractivity contribution in [1.82, 2.24) is 15.3 Å². The van der Waals surface area contributed by atoms with Crippen molar-refractivity contribution in [3.63, 3.8) is 0 Å². The minimum atomic E-state index is -0.129. The zero-order valence-corrected chi connectivity index (χ0v) is 18.1. The van der Waals surface area contributed by atoms with Gasteiger partial charge in [-0.05, 0) is 36.8 Å². The average molecular weight is 420 g/mol. The second kappa shape index (κ2) is 9.76. The predicted octanol–water partition coefficient (Wildman–Crippen LogP) is 4.15. The predicted molar refractivity (Wildman–Crippen MR) is 126 cm³/mol. The Bertz CT molecular complexity index is 1050. The molecule has 0 bridgehead atoms. The van der Waals surface area contributed by atoms with E-state index in [2.05, 4.69) is 59.4 Å². The topological polar surface area (TPSA) is 75.5 Å². The van der Waals surface area contributed by atoms with Crippen molar-refractivity contribution in [1.29, 1.82) is 0 Å². The van der Waals surface area contributed by atoms with E-state index in [0.29, 0.717) is 30.5 Å². The smallest absolute Gasteiger partial charge is 0.226 e. The summed E-state index contributed by atoms with van der Waals surface area (Å²) in [6.07, 6.45) is 4.66. The van der Waals surface area contributed by atoms with Gasteiger partial charge in [-0.2, -0.15) is 4.98 Å². The van der Waals surface area contributed by atoms with E-state index in [1.165, 1.54) is 11.1 Å². The largest absolute Gasteiger partial charge is 0.451 e. The molecule has 3 aromatic rings. The van der Waals surface area contributed by atoms with Gasteiger partial charge in [0.2, 0.25) is 5.95 Å². The van der Waals surface area contributed by atoms with E-state index in [1.54, 1.807) is 6.08 Å². The number of allylic oxidation sites excluding steroid dienone is 1. The zero-order valence-electron chi connectivity index (χ0n) is 18.1. The van der Waals surface area contributed by atoms with Crippen LogP contribution in [-0.4, -0.2) is 49.5 Å². The molecule has 2 N–H and O–H groups in total. The number of nitrogens with one attached hydrogen (secondary N) is 2. The summed E-state index contributed by atoms with van der Waals surface area (Å²) in [5.74, 6) is 2.00. The fourth-order valence-corrected chi connectivity index (χ4v) is 3.70. The number of anilines is 2. The number of likely N-dealkylation sites (N-methyl/N-ethyl adjacent to an activating group) is 1. The second-order valence-corrected chi connectivity index (χ2v) is 7.36. The highest BCUT2D eigenvalue weighted by molar-refractivity contribution is 5.87. The number of furan rings is 1. The quantitative estimate of drug-likeness (QED) is 0.531. The summed E-state index contributed by atoms with van der Waals surface area (Å²) in [5.41, 5.74) is 3.89. The molecule has 1 saturated heterocycles. The molecular formula is C24H29N5O2. The van der Waals surface area contributed by atoms with Crippen LogP contribution in [0.2, 0.25) is 0 Å². The summed E-state index contributed by atoms with van der Waals surface area (Å²) < 4.78 is 11.5. The fraction of sp³-hybridized carbons (Fsp3) is 0.333.